The molecule has 0 aromatic heterocycles. The van der Waals surface area contributed by atoms with Crippen molar-refractivity contribution in [1.82, 2.24) is 0 Å². The summed E-state index contributed by atoms with van der Waals surface area (Å²) in [5, 5.41) is 39.9. The van der Waals surface area contributed by atoms with Gasteiger partial charge in [-0.15, -0.1) is 66.7 Å². The molecule has 0 saturated carbocycles. The Hall–Kier alpha value is -9.28. The van der Waals surface area contributed by atoms with Gasteiger partial charge < -0.3 is 57.7 Å². The van der Waals surface area contributed by atoms with Gasteiger partial charge in [0.05, 0.1) is 0 Å². The van der Waals surface area contributed by atoms with Gasteiger partial charge in [-0.05, 0) is 120 Å². The molecular formula is C88H102B4Hf2O16. The minimum absolute atomic E-state index is 0. The van der Waals surface area contributed by atoms with Crippen LogP contribution in [0.3, 0.4) is 0 Å². The third kappa shape index (κ3) is 35.6. The van der Waals surface area contributed by atoms with E-state index < -0.39 is 26.2 Å². The van der Waals surface area contributed by atoms with Crippen LogP contribution in [0, 0.1) is 0 Å². The fraction of sp³-hybridized carbons (Fsp3) is 0.182. The van der Waals surface area contributed by atoms with Crippen molar-refractivity contribution in [2.75, 3.05) is 56.9 Å². The Bertz CT molecular complexity index is 3520. The van der Waals surface area contributed by atoms with Gasteiger partial charge in [-0.3, -0.25) is 19.2 Å². The van der Waals surface area contributed by atoms with Crippen LogP contribution in [-0.4, -0.2) is 106 Å². The van der Waals surface area contributed by atoms with Crippen LogP contribution in [0.2, 0.25) is 0 Å². The molecule has 0 bridgehead atoms. The fourth-order valence-electron chi connectivity index (χ4n) is 11.4. The van der Waals surface area contributed by atoms with E-state index in [2.05, 4.69) is 48.5 Å². The molecule has 0 N–H and O–H groups in total. The van der Waals surface area contributed by atoms with Crippen LogP contribution in [0.1, 0.15) is 55.4 Å². The summed E-state index contributed by atoms with van der Waals surface area (Å²) in [5.74, 6) is -1.50. The van der Waals surface area contributed by atoms with E-state index in [1.807, 2.05) is 255 Å². The largest absolute Gasteiger partial charge is 4.00 e. The molecule has 0 radical (unpaired) electrons. The topological polar surface area (TPSA) is 234 Å². The van der Waals surface area contributed by atoms with Gasteiger partial charge in [0.2, 0.25) is 0 Å². The van der Waals surface area contributed by atoms with Gasteiger partial charge >= 0.3 is 51.7 Å². The second-order valence-electron chi connectivity index (χ2n) is 24.2. The van der Waals surface area contributed by atoms with Crippen LogP contribution >= 0.6 is 0 Å². The Balaban J connectivity index is 0.00000124. The predicted molar refractivity (Wildman–Crippen MR) is 437 cm³/mol. The standard InChI is InChI=1S/4C14H16BO2.C12H10.4C5H8O2.2Hf/c4*1-16-15(17-2,13-9-5-3-6-10-13)14-11-7-4-8-12-14;1-3-7-11(8-4-1)12-9-5-2-6-10-12;4*1-4(6)3-5(2)7;;/h4*3-12H,1-2H3;1-10H;4*3,6H,1-2H3;;/q4*-1;;;;;;2*+4/p-4/b;;;;;4*4-3-;;. The molecule has 0 atom stereocenters. The minimum atomic E-state index is -1.58. The molecule has 16 nitrogen and oxygen atoms in total. The Morgan fingerprint density at radius 3 is 0.382 bits per heavy atom. The van der Waals surface area contributed by atoms with E-state index in [0.717, 1.165) is 68.0 Å². The van der Waals surface area contributed by atoms with Crippen molar-refractivity contribution < 1.29 is 129 Å². The van der Waals surface area contributed by atoms with Gasteiger partial charge in [0, 0.05) is 0 Å². The van der Waals surface area contributed by atoms with Crippen LogP contribution in [0.15, 0.2) is 351 Å². The first-order chi connectivity index (χ1) is 51.8. The quantitative estimate of drug-likeness (QED) is 0.0371. The third-order valence-electron chi connectivity index (χ3n) is 16.1. The van der Waals surface area contributed by atoms with Crippen molar-refractivity contribution in [3.63, 3.8) is 0 Å². The van der Waals surface area contributed by atoms with E-state index >= 15 is 0 Å². The van der Waals surface area contributed by atoms with Crippen LogP contribution in [0.4, 0.5) is 0 Å². The van der Waals surface area contributed by atoms with E-state index in [0.29, 0.717) is 0 Å². The second-order valence-corrected chi connectivity index (χ2v) is 24.2. The second kappa shape index (κ2) is 56.9. The van der Waals surface area contributed by atoms with Gasteiger partial charge in [-0.25, -0.2) is 0 Å². The summed E-state index contributed by atoms with van der Waals surface area (Å²) in [7, 11) is 13.5. The van der Waals surface area contributed by atoms with Crippen LogP contribution in [0.5, 0.6) is 0 Å². The van der Waals surface area contributed by atoms with E-state index in [1.54, 1.807) is 56.9 Å². The maximum atomic E-state index is 9.98. The van der Waals surface area contributed by atoms with Gasteiger partial charge in [-0.2, -0.15) is 0 Å². The van der Waals surface area contributed by atoms with Crippen molar-refractivity contribution in [1.29, 1.82) is 0 Å². The van der Waals surface area contributed by atoms with Gasteiger partial charge in [0.15, 0.2) is 23.1 Å². The molecule has 0 aliphatic carbocycles. The molecule has 10 rings (SSSR count). The van der Waals surface area contributed by atoms with Crippen molar-refractivity contribution >= 4 is 93.0 Å². The smallest absolute Gasteiger partial charge is 0.876 e. The van der Waals surface area contributed by atoms with Gasteiger partial charge in [-0.1, -0.05) is 331 Å². The summed E-state index contributed by atoms with van der Waals surface area (Å²) in [6.45, 7) is 4.47. The van der Waals surface area contributed by atoms with Crippen LogP contribution < -0.4 is 64.1 Å². The van der Waals surface area contributed by atoms with Gasteiger partial charge in [0.1, 0.15) is 0 Å². The Kier molecular flexibility index (Phi) is 52.1. The Morgan fingerprint density at radius 1 is 0.209 bits per heavy atom. The van der Waals surface area contributed by atoms with Crippen molar-refractivity contribution in [3.8, 4) is 11.1 Å². The van der Waals surface area contributed by atoms with Crippen LogP contribution in [0.25, 0.3) is 11.1 Å². The molecule has 10 aromatic rings. The maximum Gasteiger partial charge on any atom is 4.00 e. The fourth-order valence-corrected chi connectivity index (χ4v) is 11.4. The molecule has 570 valence electrons. The molecular weight excluding hydrogens is 1710 g/mol. The molecule has 0 fully saturated rings. The predicted octanol–water partition coefficient (Wildman–Crippen LogP) is 8.85. The summed E-state index contributed by atoms with van der Waals surface area (Å²) in [4.78, 5) is 39.9. The van der Waals surface area contributed by atoms with E-state index in [1.165, 1.54) is 66.5 Å². The van der Waals surface area contributed by atoms with Crippen molar-refractivity contribution in [2.45, 2.75) is 55.4 Å². The minimum Gasteiger partial charge on any atom is -0.876 e. The number of benzene rings is 10. The summed E-state index contributed by atoms with van der Waals surface area (Å²) in [6, 6.07) is 101. The summed E-state index contributed by atoms with van der Waals surface area (Å²) < 4.78 is 45.6. The molecule has 0 amide bonds. The average molecular weight is 1820 g/mol. The zero-order valence-corrected chi connectivity index (χ0v) is 73.2. The van der Waals surface area contributed by atoms with E-state index in [-0.39, 0.29) is 97.9 Å². The number of ketones is 4. The molecule has 22 heteroatoms. The summed E-state index contributed by atoms with van der Waals surface area (Å²) in [6.07, 6.45) is 4.22. The number of allylic oxidation sites excluding steroid dienone is 8. The number of hydrogen-bond donors (Lipinski definition) is 0. The van der Waals surface area contributed by atoms with Crippen LogP contribution in [-0.2, 0) is 108 Å². The first-order valence-corrected chi connectivity index (χ1v) is 34.8. The Labute approximate surface area is 690 Å². The molecule has 0 spiro atoms. The molecule has 0 aliphatic rings. The molecule has 0 saturated heterocycles. The normalized spacial score (nSPS) is 11.0. The van der Waals surface area contributed by atoms with Crippen molar-refractivity contribution in [2.24, 2.45) is 0 Å². The summed E-state index contributed by atoms with van der Waals surface area (Å²) >= 11 is 0. The SMILES string of the molecule is CC(=O)/C=C(/C)[O-].CC(=O)/C=C(/C)[O-].CC(=O)/C=C(/C)[O-].CC(=O)/C=C(/C)[O-].CO[B-](OC)(c1ccccc1)c1ccccc1.CO[B-](OC)(c1ccccc1)c1ccccc1.CO[B-](OC)(c1ccccc1)c1ccccc1.CO[B-](OC)(c1ccccc1)c1ccccc1.[Hf+4].[Hf+4].c1ccc(-c2ccccc2)cc1. The first kappa shape index (κ1) is 101. The molecule has 0 heterocycles. The molecule has 0 aliphatic heterocycles. The number of hydrogen-bond acceptors (Lipinski definition) is 16. The molecule has 10 aromatic carbocycles. The van der Waals surface area contributed by atoms with Gasteiger partial charge in [0.25, 0.3) is 26.2 Å². The molecule has 0 unspecified atom stereocenters. The molecule has 110 heavy (non-hydrogen) atoms. The van der Waals surface area contributed by atoms with Crippen molar-refractivity contribution in [3.05, 3.63) is 351 Å². The average Bonchev–Trinajstić information content (AvgIpc) is 0.812. The zero-order valence-electron chi connectivity index (χ0n) is 66.0. The monoisotopic (exact) mass is 1820 g/mol. The van der Waals surface area contributed by atoms with E-state index in [4.69, 9.17) is 37.2 Å². The van der Waals surface area contributed by atoms with E-state index in [9.17, 15) is 39.6 Å². The number of carbonyl (C=O) groups excluding carboxylic acids is 4. The third-order valence-corrected chi connectivity index (χ3v) is 16.1. The Morgan fingerprint density at radius 2 is 0.309 bits per heavy atom. The number of carbonyl (C=O) groups is 4. The maximum absolute atomic E-state index is 9.98. The zero-order chi connectivity index (χ0) is 80.2. The summed E-state index contributed by atoms with van der Waals surface area (Å²) in [5.41, 5.74) is 10.9. The first-order valence-electron chi connectivity index (χ1n) is 34.8. The number of rotatable bonds is 21.